The van der Waals surface area contributed by atoms with Crippen molar-refractivity contribution in [2.24, 2.45) is 17.6 Å². The molecule has 34 heavy (non-hydrogen) atoms. The zero-order valence-electron chi connectivity index (χ0n) is 19.0. The summed E-state index contributed by atoms with van der Waals surface area (Å²) in [5, 5.41) is 7.90. The second kappa shape index (κ2) is 11.3. The van der Waals surface area contributed by atoms with E-state index in [9.17, 15) is 8.42 Å². The third kappa shape index (κ3) is 6.15. The van der Waals surface area contributed by atoms with Crippen LogP contribution in [0, 0.1) is 11.8 Å². The van der Waals surface area contributed by atoms with E-state index in [4.69, 9.17) is 17.3 Å². The van der Waals surface area contributed by atoms with E-state index in [2.05, 4.69) is 25.3 Å². The van der Waals surface area contributed by atoms with Gasteiger partial charge in [-0.3, -0.25) is 0 Å². The predicted octanol–water partition coefficient (Wildman–Crippen LogP) is 3.85. The molecular formula is C24H31ClN6O2S. The third-order valence-electron chi connectivity index (χ3n) is 6.24. The number of benzene rings is 2. The number of para-hydroxylation sites is 1. The Balaban J connectivity index is 1.28. The molecular weight excluding hydrogens is 472 g/mol. The van der Waals surface area contributed by atoms with Gasteiger partial charge < -0.3 is 16.4 Å². The van der Waals surface area contributed by atoms with Gasteiger partial charge in [0.15, 0.2) is 0 Å². The topological polar surface area (TPSA) is 122 Å². The van der Waals surface area contributed by atoms with Crippen molar-refractivity contribution in [2.75, 3.05) is 36.8 Å². The second-order valence-electron chi connectivity index (χ2n) is 8.68. The summed E-state index contributed by atoms with van der Waals surface area (Å²) in [6, 6.07) is 14.4. The van der Waals surface area contributed by atoms with Gasteiger partial charge in [0.05, 0.1) is 10.5 Å². The number of nitrogens with two attached hydrogens (primary N) is 1. The van der Waals surface area contributed by atoms with E-state index in [1.165, 1.54) is 6.07 Å². The van der Waals surface area contributed by atoms with Gasteiger partial charge in [-0.2, -0.15) is 4.98 Å². The van der Waals surface area contributed by atoms with E-state index in [1.54, 1.807) is 18.2 Å². The molecule has 0 atom stereocenters. The van der Waals surface area contributed by atoms with E-state index in [0.29, 0.717) is 37.4 Å². The molecule has 0 unspecified atom stereocenters. The molecule has 1 fully saturated rings. The van der Waals surface area contributed by atoms with Crippen LogP contribution in [0.2, 0.25) is 5.02 Å². The standard InChI is InChI=1S/C24H31ClN6O2S/c25-20-6-2-4-8-22(20)34(32,33)29-16-18-11-9-17(10-12-18)15-28-24-30-21-7-3-1-5-19(21)23(31-24)27-14-13-26/h1-8,17-18,29H,9-16,26H2,(H2,27,28,30,31)/t17-,18-. The zero-order valence-corrected chi connectivity index (χ0v) is 20.6. The summed E-state index contributed by atoms with van der Waals surface area (Å²) >= 11 is 6.06. The Kier molecular flexibility index (Phi) is 8.20. The molecule has 1 saturated carbocycles. The number of anilines is 2. The average molecular weight is 503 g/mol. The predicted molar refractivity (Wildman–Crippen MR) is 138 cm³/mol. The lowest BCUT2D eigenvalue weighted by Crippen LogP contribution is -2.32. The Hall–Kier alpha value is -2.46. The van der Waals surface area contributed by atoms with Crippen molar-refractivity contribution in [3.63, 3.8) is 0 Å². The fourth-order valence-electron chi connectivity index (χ4n) is 4.32. The highest BCUT2D eigenvalue weighted by molar-refractivity contribution is 7.89. The van der Waals surface area contributed by atoms with E-state index >= 15 is 0 Å². The first-order valence-corrected chi connectivity index (χ1v) is 13.5. The van der Waals surface area contributed by atoms with Gasteiger partial charge in [0.2, 0.25) is 16.0 Å². The van der Waals surface area contributed by atoms with Crippen molar-refractivity contribution < 1.29 is 8.42 Å². The average Bonchev–Trinajstić information content (AvgIpc) is 2.85. The molecule has 182 valence electrons. The van der Waals surface area contributed by atoms with Crippen molar-refractivity contribution in [2.45, 2.75) is 30.6 Å². The first-order chi connectivity index (χ1) is 16.5. The summed E-state index contributed by atoms with van der Waals surface area (Å²) in [5.41, 5.74) is 6.53. The highest BCUT2D eigenvalue weighted by Gasteiger charge is 2.24. The molecule has 3 aromatic rings. The number of halogens is 1. The van der Waals surface area contributed by atoms with Gasteiger partial charge >= 0.3 is 0 Å². The quantitative estimate of drug-likeness (QED) is 0.332. The monoisotopic (exact) mass is 502 g/mol. The van der Waals surface area contributed by atoms with Gasteiger partial charge in [0.1, 0.15) is 10.7 Å². The summed E-state index contributed by atoms with van der Waals surface area (Å²) in [4.78, 5) is 9.44. The molecule has 1 aliphatic rings. The lowest BCUT2D eigenvalue weighted by Gasteiger charge is -2.28. The van der Waals surface area contributed by atoms with E-state index in [0.717, 1.165) is 48.9 Å². The van der Waals surface area contributed by atoms with Gasteiger partial charge in [-0.25, -0.2) is 18.1 Å². The van der Waals surface area contributed by atoms with Crippen LogP contribution in [0.5, 0.6) is 0 Å². The Labute approximate surface area is 205 Å². The first-order valence-electron chi connectivity index (χ1n) is 11.6. The van der Waals surface area contributed by atoms with E-state index in [1.807, 2.05) is 24.3 Å². The fraction of sp³-hybridized carbons (Fsp3) is 0.417. The second-order valence-corrected chi connectivity index (χ2v) is 10.8. The van der Waals surface area contributed by atoms with Gasteiger partial charge in [0.25, 0.3) is 0 Å². The van der Waals surface area contributed by atoms with Gasteiger partial charge in [-0.15, -0.1) is 0 Å². The number of nitrogens with one attached hydrogen (secondary N) is 3. The number of sulfonamides is 1. The molecule has 1 aliphatic carbocycles. The molecule has 4 rings (SSSR count). The first kappa shape index (κ1) is 24.7. The molecule has 0 aliphatic heterocycles. The van der Waals surface area contributed by atoms with Crippen LogP contribution in [0.25, 0.3) is 10.9 Å². The fourth-order valence-corrected chi connectivity index (χ4v) is 5.96. The molecule has 0 saturated heterocycles. The third-order valence-corrected chi connectivity index (χ3v) is 8.17. The normalized spacial score (nSPS) is 18.6. The van der Waals surface area contributed by atoms with Crippen molar-refractivity contribution in [1.82, 2.24) is 14.7 Å². The summed E-state index contributed by atoms with van der Waals surface area (Å²) in [6.07, 6.45) is 3.99. The van der Waals surface area contributed by atoms with Gasteiger partial charge in [0, 0.05) is 31.6 Å². The lowest BCUT2D eigenvalue weighted by atomic mass is 9.82. The summed E-state index contributed by atoms with van der Waals surface area (Å²) < 4.78 is 27.9. The summed E-state index contributed by atoms with van der Waals surface area (Å²) in [6.45, 7) is 2.38. The van der Waals surface area contributed by atoms with Crippen LogP contribution in [0.1, 0.15) is 25.7 Å². The highest BCUT2D eigenvalue weighted by Crippen LogP contribution is 2.30. The number of hydrogen-bond donors (Lipinski definition) is 4. The van der Waals surface area contributed by atoms with Crippen molar-refractivity contribution >= 4 is 44.3 Å². The van der Waals surface area contributed by atoms with Crippen molar-refractivity contribution in [3.8, 4) is 0 Å². The molecule has 0 spiro atoms. The van der Waals surface area contributed by atoms with Crippen LogP contribution < -0.4 is 21.1 Å². The van der Waals surface area contributed by atoms with Crippen LogP contribution in [0.15, 0.2) is 53.4 Å². The van der Waals surface area contributed by atoms with E-state index < -0.39 is 10.0 Å². The number of fused-ring (bicyclic) bond motifs is 1. The van der Waals surface area contributed by atoms with Crippen LogP contribution in [0.3, 0.4) is 0 Å². The van der Waals surface area contributed by atoms with Crippen molar-refractivity contribution in [3.05, 3.63) is 53.6 Å². The Morgan fingerprint density at radius 2 is 1.59 bits per heavy atom. The van der Waals surface area contributed by atoms with Crippen LogP contribution in [-0.2, 0) is 10.0 Å². The molecule has 0 amide bonds. The largest absolute Gasteiger partial charge is 0.368 e. The molecule has 0 radical (unpaired) electrons. The van der Waals surface area contributed by atoms with Crippen molar-refractivity contribution in [1.29, 1.82) is 0 Å². The van der Waals surface area contributed by atoms with Gasteiger partial charge in [-0.05, 0) is 61.8 Å². The maximum Gasteiger partial charge on any atom is 0.242 e. The molecule has 5 N–H and O–H groups in total. The Morgan fingerprint density at radius 1 is 0.912 bits per heavy atom. The molecule has 1 aromatic heterocycles. The number of hydrogen-bond acceptors (Lipinski definition) is 7. The van der Waals surface area contributed by atoms with Crippen LogP contribution >= 0.6 is 11.6 Å². The molecule has 2 aromatic carbocycles. The van der Waals surface area contributed by atoms with Crippen LogP contribution in [-0.4, -0.2) is 44.6 Å². The maximum atomic E-state index is 12.6. The zero-order chi connectivity index (χ0) is 24.0. The van der Waals surface area contributed by atoms with Gasteiger partial charge in [-0.1, -0.05) is 35.9 Å². The lowest BCUT2D eigenvalue weighted by molar-refractivity contribution is 0.284. The number of aromatic nitrogens is 2. The summed E-state index contributed by atoms with van der Waals surface area (Å²) in [5.74, 6) is 2.20. The van der Waals surface area contributed by atoms with E-state index in [-0.39, 0.29) is 9.92 Å². The molecule has 0 bridgehead atoms. The Morgan fingerprint density at radius 3 is 2.32 bits per heavy atom. The molecule has 1 heterocycles. The Bertz CT molecular complexity index is 1220. The minimum atomic E-state index is -3.60. The maximum absolute atomic E-state index is 12.6. The molecule has 10 heteroatoms. The summed E-state index contributed by atoms with van der Waals surface area (Å²) in [7, 11) is -3.60. The smallest absolute Gasteiger partial charge is 0.242 e. The number of nitrogens with zero attached hydrogens (tertiary/aromatic N) is 2. The van der Waals surface area contributed by atoms with Crippen LogP contribution in [0.4, 0.5) is 11.8 Å². The molecule has 8 nitrogen and oxygen atoms in total. The SMILES string of the molecule is NCCNc1nc(NC[C@H]2CC[C@H](CNS(=O)(=O)c3ccccc3Cl)CC2)nc2ccccc12. The minimum Gasteiger partial charge on any atom is -0.368 e. The minimum absolute atomic E-state index is 0.130. The highest BCUT2D eigenvalue weighted by atomic mass is 35.5. The number of rotatable bonds is 10.